The Hall–Kier alpha value is -2.95. The summed E-state index contributed by atoms with van der Waals surface area (Å²) >= 11 is 0. The number of aromatic nitrogens is 2. The van der Waals surface area contributed by atoms with Crippen LogP contribution >= 0.6 is 0 Å². The van der Waals surface area contributed by atoms with E-state index in [1.807, 2.05) is 12.3 Å². The van der Waals surface area contributed by atoms with Crippen molar-refractivity contribution < 1.29 is 55.3 Å². The van der Waals surface area contributed by atoms with Crippen LogP contribution in [-0.4, -0.2) is 56.6 Å². The van der Waals surface area contributed by atoms with Crippen molar-refractivity contribution >= 4 is 23.7 Å². The predicted molar refractivity (Wildman–Crippen MR) is 107 cm³/mol. The van der Waals surface area contributed by atoms with E-state index < -0.39 is 35.8 Å². The van der Waals surface area contributed by atoms with Crippen LogP contribution in [0.3, 0.4) is 0 Å². The Labute approximate surface area is 202 Å². The number of hydrogen-bond acceptors (Lipinski definition) is 5. The number of carboxylic acid groups (broad SMARTS) is 1. The van der Waals surface area contributed by atoms with Gasteiger partial charge in [0.1, 0.15) is 0 Å². The number of carboxylic acids is 1. The Morgan fingerprint density at radius 2 is 2.00 bits per heavy atom. The molecule has 0 radical (unpaired) electrons. The second-order valence-electron chi connectivity index (χ2n) is 6.90. The Morgan fingerprint density at radius 3 is 2.65 bits per heavy atom. The van der Waals surface area contributed by atoms with Gasteiger partial charge in [-0.1, -0.05) is 18.2 Å². The maximum Gasteiger partial charge on any atom is 1.00 e. The van der Waals surface area contributed by atoms with E-state index in [9.17, 15) is 24.3 Å². The van der Waals surface area contributed by atoms with Crippen molar-refractivity contribution in [2.45, 2.75) is 18.5 Å². The number of carbonyl (C=O) groups is 4. The molecular weight excluding hydrogens is 413 g/mol. The number of carbonyl (C=O) groups excluding carboxylic acids is 3. The molecule has 158 valence electrons. The van der Waals surface area contributed by atoms with Gasteiger partial charge in [0, 0.05) is 38.1 Å². The smallest absolute Gasteiger partial charge is 1.00 e. The summed E-state index contributed by atoms with van der Waals surface area (Å²) in [6, 6.07) is 4.01. The molecule has 0 spiro atoms. The van der Waals surface area contributed by atoms with E-state index in [0.29, 0.717) is 5.56 Å². The van der Waals surface area contributed by atoms with E-state index in [1.165, 1.54) is 24.2 Å². The van der Waals surface area contributed by atoms with Gasteiger partial charge in [0.2, 0.25) is 0 Å². The number of aliphatic carboxylic acids is 1. The molecule has 3 amide bonds. The maximum atomic E-state index is 12.5. The van der Waals surface area contributed by atoms with E-state index in [0.717, 1.165) is 11.1 Å². The summed E-state index contributed by atoms with van der Waals surface area (Å²) in [5.74, 6) is -2.24. The zero-order chi connectivity index (χ0) is 21.8. The first-order valence-electron chi connectivity index (χ1n) is 9.11. The number of rotatable bonds is 6. The van der Waals surface area contributed by atoms with E-state index in [-0.39, 0.29) is 37.4 Å². The average Bonchev–Trinajstić information content (AvgIpc) is 3.14. The molecule has 2 heterocycles. The fourth-order valence-electron chi connectivity index (χ4n) is 3.08. The molecule has 1 aromatic carbocycles. The molecule has 11 heteroatoms. The van der Waals surface area contributed by atoms with Gasteiger partial charge in [-0.05, 0) is 17.2 Å². The van der Waals surface area contributed by atoms with Crippen LogP contribution in [-0.2, 0) is 21.4 Å². The molecule has 1 aliphatic rings. The molecule has 0 bridgehead atoms. The van der Waals surface area contributed by atoms with E-state index in [1.54, 1.807) is 36.1 Å². The van der Waals surface area contributed by atoms with Crippen molar-refractivity contribution in [1.29, 1.82) is 0 Å². The first-order chi connectivity index (χ1) is 14.2. The van der Waals surface area contributed by atoms with Crippen LogP contribution in [0.5, 0.6) is 0 Å². The normalized spacial score (nSPS) is 16.5. The first kappa shape index (κ1) is 24.3. The number of ketones is 1. The van der Waals surface area contributed by atoms with Gasteiger partial charge in [-0.25, -0.2) is 4.79 Å². The largest absolute Gasteiger partial charge is 1.00 e. The molecule has 2 aromatic rings. The standard InChI is InChI=1S/C20H21N5O5.Na.H/c1-24-7-6-16(26)18(19(24)29)23-20(30)22-15(9-17(27)28)13-5-3-4-12(8-13)14-10-21-25(2)11-14;;/h3-8,10-11,15,18H,9H2,1-2H3,(H,27,28)(H2,22,23,30);;/q;+1;-1/t15-,18?;;/m0../s1. The molecule has 0 saturated heterocycles. The van der Waals surface area contributed by atoms with Crippen molar-refractivity contribution in [2.24, 2.45) is 7.05 Å². The zero-order valence-electron chi connectivity index (χ0n) is 18.4. The molecule has 3 rings (SSSR count). The molecule has 1 unspecified atom stereocenters. The van der Waals surface area contributed by atoms with Crippen molar-refractivity contribution in [1.82, 2.24) is 25.3 Å². The van der Waals surface area contributed by atoms with Crippen molar-refractivity contribution in [3.05, 3.63) is 54.5 Å². The monoisotopic (exact) mass is 435 g/mol. The number of likely N-dealkylation sites (N-methyl/N-ethyl adjacent to an activating group) is 1. The van der Waals surface area contributed by atoms with Gasteiger partial charge in [-0.15, -0.1) is 0 Å². The van der Waals surface area contributed by atoms with E-state index in [2.05, 4.69) is 15.7 Å². The zero-order valence-corrected chi connectivity index (χ0v) is 19.4. The molecular formula is C20H22N5NaO5. The summed E-state index contributed by atoms with van der Waals surface area (Å²) in [7, 11) is 3.25. The average molecular weight is 435 g/mol. The van der Waals surface area contributed by atoms with Crippen LogP contribution < -0.4 is 40.2 Å². The molecule has 0 saturated carbocycles. The minimum absolute atomic E-state index is 0. The van der Waals surface area contributed by atoms with Crippen LogP contribution in [0, 0.1) is 0 Å². The predicted octanol–water partition coefficient (Wildman–Crippen LogP) is -2.06. The van der Waals surface area contributed by atoms with Gasteiger partial charge < -0.3 is 22.1 Å². The number of nitrogens with zero attached hydrogens (tertiary/aromatic N) is 3. The Balaban J connectivity index is 0.00000256. The van der Waals surface area contributed by atoms with Gasteiger partial charge in [0.05, 0.1) is 18.7 Å². The van der Waals surface area contributed by atoms with Crippen molar-refractivity contribution in [2.75, 3.05) is 7.05 Å². The number of nitrogens with one attached hydrogen (secondary N) is 2. The van der Waals surface area contributed by atoms with Gasteiger partial charge in [-0.3, -0.25) is 19.1 Å². The number of urea groups is 1. The minimum atomic E-state index is -1.35. The fraction of sp³-hybridized carbons (Fsp3) is 0.250. The molecule has 1 aliphatic heterocycles. The number of benzene rings is 1. The van der Waals surface area contributed by atoms with Crippen molar-refractivity contribution in [3.8, 4) is 11.1 Å². The van der Waals surface area contributed by atoms with E-state index >= 15 is 0 Å². The van der Waals surface area contributed by atoms with Crippen LogP contribution in [0.4, 0.5) is 4.79 Å². The van der Waals surface area contributed by atoms with Gasteiger partial charge >= 0.3 is 41.6 Å². The van der Waals surface area contributed by atoms with Crippen LogP contribution in [0.1, 0.15) is 19.5 Å². The number of hydrogen-bond donors (Lipinski definition) is 3. The van der Waals surface area contributed by atoms with E-state index in [4.69, 9.17) is 0 Å². The second kappa shape index (κ2) is 10.4. The summed E-state index contributed by atoms with van der Waals surface area (Å²) in [6.45, 7) is 0. The van der Waals surface area contributed by atoms with Crippen LogP contribution in [0.2, 0.25) is 0 Å². The van der Waals surface area contributed by atoms with Gasteiger partial charge in [0.25, 0.3) is 5.91 Å². The summed E-state index contributed by atoms with van der Waals surface area (Å²) in [5, 5.41) is 18.3. The molecule has 0 fully saturated rings. The first-order valence-corrected chi connectivity index (χ1v) is 9.11. The third-order valence-electron chi connectivity index (χ3n) is 4.63. The molecule has 1 aromatic heterocycles. The molecule has 10 nitrogen and oxygen atoms in total. The quantitative estimate of drug-likeness (QED) is 0.353. The van der Waals surface area contributed by atoms with Crippen LogP contribution in [0.15, 0.2) is 48.9 Å². The third-order valence-corrected chi connectivity index (χ3v) is 4.63. The maximum absolute atomic E-state index is 12.5. The Bertz CT molecular complexity index is 1040. The summed E-state index contributed by atoms with van der Waals surface area (Å²) in [6.07, 6.45) is 5.62. The fourth-order valence-corrected chi connectivity index (χ4v) is 3.08. The Morgan fingerprint density at radius 1 is 1.26 bits per heavy atom. The molecule has 2 atom stereocenters. The second-order valence-corrected chi connectivity index (χ2v) is 6.90. The Kier molecular flexibility index (Phi) is 8.14. The minimum Gasteiger partial charge on any atom is -1.00 e. The third kappa shape index (κ3) is 6.03. The summed E-state index contributed by atoms with van der Waals surface area (Å²) in [4.78, 5) is 49.1. The topological polar surface area (TPSA) is 134 Å². The molecule has 3 N–H and O–H groups in total. The summed E-state index contributed by atoms with van der Waals surface area (Å²) < 4.78 is 1.64. The van der Waals surface area contributed by atoms with Gasteiger partial charge in [0.15, 0.2) is 11.8 Å². The molecule has 31 heavy (non-hydrogen) atoms. The number of aryl methyl sites for hydroxylation is 1. The SMILES string of the molecule is CN1C=CC(=O)C(NC(=O)N[C@@H](CC(=O)O)c2cccc(-c3cnn(C)c3)c2)C1=O.[H-].[Na+]. The number of amides is 3. The van der Waals surface area contributed by atoms with Crippen LogP contribution in [0.25, 0.3) is 11.1 Å². The van der Waals surface area contributed by atoms with Gasteiger partial charge in [-0.2, -0.15) is 5.10 Å². The molecule has 0 aliphatic carbocycles. The van der Waals surface area contributed by atoms with Crippen molar-refractivity contribution in [3.63, 3.8) is 0 Å². The summed E-state index contributed by atoms with van der Waals surface area (Å²) in [5.41, 5.74) is 2.21.